The number of hydrogen-bond donors (Lipinski definition) is 2. The van der Waals surface area contributed by atoms with Gasteiger partial charge in [0.25, 0.3) is 5.91 Å². The van der Waals surface area contributed by atoms with E-state index in [4.69, 9.17) is 9.47 Å². The molecule has 0 bridgehead atoms. The molecule has 1 saturated carbocycles. The fourth-order valence-electron chi connectivity index (χ4n) is 3.74. The molecule has 1 aromatic heterocycles. The standard InChI is InChI=1S/C21H26N2O4S/c1-22-20(25)27-15-9-11-21(12-10-15,18-8-5-13-28-18)14-23-19(24)16-6-3-4-7-17(16)26-2/h3-8,13,15H,9-12,14H2,1-2H3,(H,22,25)(H,23,24). The summed E-state index contributed by atoms with van der Waals surface area (Å²) in [4.78, 5) is 25.5. The lowest BCUT2D eigenvalue weighted by molar-refractivity contribution is 0.0582. The predicted octanol–water partition coefficient (Wildman–Crippen LogP) is 3.72. The van der Waals surface area contributed by atoms with Crippen LogP contribution < -0.4 is 15.4 Å². The van der Waals surface area contributed by atoms with Gasteiger partial charge in [-0.15, -0.1) is 11.3 Å². The molecule has 1 aliphatic carbocycles. The highest BCUT2D eigenvalue weighted by molar-refractivity contribution is 7.10. The van der Waals surface area contributed by atoms with Gasteiger partial charge in [0.2, 0.25) is 0 Å². The smallest absolute Gasteiger partial charge is 0.407 e. The number of para-hydroxylation sites is 1. The van der Waals surface area contributed by atoms with Gasteiger partial charge in [0.05, 0.1) is 12.7 Å². The summed E-state index contributed by atoms with van der Waals surface area (Å²) in [7, 11) is 3.13. The van der Waals surface area contributed by atoms with E-state index < -0.39 is 6.09 Å². The molecule has 6 nitrogen and oxygen atoms in total. The summed E-state index contributed by atoms with van der Waals surface area (Å²) in [6.45, 7) is 0.539. The third-order valence-electron chi connectivity index (χ3n) is 5.35. The van der Waals surface area contributed by atoms with Crippen molar-refractivity contribution in [1.29, 1.82) is 0 Å². The van der Waals surface area contributed by atoms with E-state index >= 15 is 0 Å². The zero-order valence-electron chi connectivity index (χ0n) is 16.2. The quantitative estimate of drug-likeness (QED) is 0.772. The molecule has 2 amide bonds. The lowest BCUT2D eigenvalue weighted by Crippen LogP contribution is -2.44. The van der Waals surface area contributed by atoms with Gasteiger partial charge in [-0.25, -0.2) is 4.79 Å². The third-order valence-corrected chi connectivity index (χ3v) is 6.47. The first kappa shape index (κ1) is 20.2. The molecule has 28 heavy (non-hydrogen) atoms. The lowest BCUT2D eigenvalue weighted by Gasteiger charge is -2.39. The molecule has 0 aliphatic heterocycles. The van der Waals surface area contributed by atoms with E-state index in [1.807, 2.05) is 18.2 Å². The second-order valence-corrected chi connectivity index (χ2v) is 7.94. The zero-order valence-corrected chi connectivity index (χ0v) is 17.0. The van der Waals surface area contributed by atoms with Crippen LogP contribution in [-0.4, -0.2) is 38.8 Å². The molecular formula is C21H26N2O4S. The molecule has 0 radical (unpaired) electrons. The number of nitrogens with one attached hydrogen (secondary N) is 2. The van der Waals surface area contributed by atoms with Gasteiger partial charge in [0, 0.05) is 23.9 Å². The van der Waals surface area contributed by atoms with Crippen LogP contribution in [0.4, 0.5) is 4.79 Å². The molecule has 1 fully saturated rings. The SMILES string of the molecule is CNC(=O)OC1CCC(CNC(=O)c2ccccc2OC)(c2cccs2)CC1. The maximum Gasteiger partial charge on any atom is 0.407 e. The van der Waals surface area contributed by atoms with Crippen LogP contribution in [0.1, 0.15) is 40.9 Å². The predicted molar refractivity (Wildman–Crippen MR) is 109 cm³/mol. The van der Waals surface area contributed by atoms with E-state index in [1.165, 1.54) is 4.88 Å². The fourth-order valence-corrected chi connectivity index (χ4v) is 4.73. The molecule has 1 heterocycles. The van der Waals surface area contributed by atoms with E-state index in [-0.39, 0.29) is 17.4 Å². The Balaban J connectivity index is 1.70. The Labute approximate surface area is 169 Å². The molecule has 1 aliphatic rings. The first-order valence-corrected chi connectivity index (χ1v) is 10.3. The van der Waals surface area contributed by atoms with Gasteiger partial charge >= 0.3 is 6.09 Å². The van der Waals surface area contributed by atoms with E-state index in [0.717, 1.165) is 25.7 Å². The molecule has 150 valence electrons. The Kier molecular flexibility index (Phi) is 6.57. The Morgan fingerprint density at radius 1 is 1.18 bits per heavy atom. The van der Waals surface area contributed by atoms with Gasteiger partial charge in [-0.3, -0.25) is 4.79 Å². The highest BCUT2D eigenvalue weighted by atomic mass is 32.1. The summed E-state index contributed by atoms with van der Waals surface area (Å²) in [5.41, 5.74) is 0.386. The van der Waals surface area contributed by atoms with E-state index in [0.29, 0.717) is 17.9 Å². The maximum absolute atomic E-state index is 12.8. The third kappa shape index (κ3) is 4.47. The Hall–Kier alpha value is -2.54. The molecular weight excluding hydrogens is 376 g/mol. The molecule has 0 unspecified atom stereocenters. The van der Waals surface area contributed by atoms with Gasteiger partial charge < -0.3 is 20.1 Å². The van der Waals surface area contributed by atoms with Gasteiger partial charge in [-0.05, 0) is 49.3 Å². The fraction of sp³-hybridized carbons (Fsp3) is 0.429. The number of benzene rings is 1. The lowest BCUT2D eigenvalue weighted by atomic mass is 9.72. The minimum atomic E-state index is -0.391. The van der Waals surface area contributed by atoms with Crippen LogP contribution in [0, 0.1) is 0 Å². The molecule has 2 N–H and O–H groups in total. The van der Waals surface area contributed by atoms with Crippen LogP contribution >= 0.6 is 11.3 Å². The molecule has 7 heteroatoms. The van der Waals surface area contributed by atoms with Gasteiger partial charge in [0.1, 0.15) is 11.9 Å². The van der Waals surface area contributed by atoms with Gasteiger partial charge in [-0.2, -0.15) is 0 Å². The topological polar surface area (TPSA) is 76.7 Å². The van der Waals surface area contributed by atoms with Gasteiger partial charge in [0.15, 0.2) is 0 Å². The van der Waals surface area contributed by atoms with E-state index in [9.17, 15) is 9.59 Å². The molecule has 3 rings (SSSR count). The molecule has 1 aromatic carbocycles. The van der Waals surface area contributed by atoms with Crippen molar-refractivity contribution in [3.63, 3.8) is 0 Å². The van der Waals surface area contributed by atoms with E-state index in [1.54, 1.807) is 37.6 Å². The van der Waals surface area contributed by atoms with Gasteiger partial charge in [-0.1, -0.05) is 18.2 Å². The average molecular weight is 403 g/mol. The van der Waals surface area contributed by atoms with Crippen molar-refractivity contribution in [2.24, 2.45) is 0 Å². The number of alkyl carbamates (subject to hydrolysis) is 1. The largest absolute Gasteiger partial charge is 0.496 e. The summed E-state index contributed by atoms with van der Waals surface area (Å²) >= 11 is 1.71. The number of ether oxygens (including phenoxy) is 2. The van der Waals surface area contributed by atoms with Crippen LogP contribution in [0.3, 0.4) is 0 Å². The van der Waals surface area contributed by atoms with Crippen molar-refractivity contribution in [2.75, 3.05) is 20.7 Å². The van der Waals surface area contributed by atoms with Crippen molar-refractivity contribution in [1.82, 2.24) is 10.6 Å². The Bertz CT molecular complexity index is 798. The van der Waals surface area contributed by atoms with Crippen molar-refractivity contribution in [3.05, 3.63) is 52.2 Å². The van der Waals surface area contributed by atoms with Crippen LogP contribution in [0.25, 0.3) is 0 Å². The normalized spacial score (nSPS) is 21.6. The average Bonchev–Trinajstić information content (AvgIpc) is 3.28. The molecule has 0 atom stereocenters. The van der Waals surface area contributed by atoms with Crippen LogP contribution in [0.2, 0.25) is 0 Å². The van der Waals surface area contributed by atoms with Crippen molar-refractivity contribution in [3.8, 4) is 5.75 Å². The van der Waals surface area contributed by atoms with Crippen molar-refractivity contribution >= 4 is 23.3 Å². The monoisotopic (exact) mass is 402 g/mol. The Morgan fingerprint density at radius 3 is 2.57 bits per heavy atom. The zero-order chi connectivity index (χ0) is 20.0. The second-order valence-electron chi connectivity index (χ2n) is 7.00. The highest BCUT2D eigenvalue weighted by Crippen LogP contribution is 2.42. The van der Waals surface area contributed by atoms with Crippen LogP contribution in [-0.2, 0) is 10.2 Å². The number of amides is 2. The maximum atomic E-state index is 12.8. The van der Waals surface area contributed by atoms with Crippen LogP contribution in [0.5, 0.6) is 5.75 Å². The minimum Gasteiger partial charge on any atom is -0.496 e. The second kappa shape index (κ2) is 9.10. The molecule has 2 aromatic rings. The minimum absolute atomic E-state index is 0.0852. The number of methoxy groups -OCH3 is 1. The summed E-state index contributed by atoms with van der Waals surface area (Å²) in [6.07, 6.45) is 2.77. The number of rotatable bonds is 6. The van der Waals surface area contributed by atoms with Crippen LogP contribution in [0.15, 0.2) is 41.8 Å². The molecule has 0 spiro atoms. The Morgan fingerprint density at radius 2 is 1.93 bits per heavy atom. The molecule has 0 saturated heterocycles. The number of hydrogen-bond acceptors (Lipinski definition) is 5. The number of carbonyl (C=O) groups is 2. The first-order valence-electron chi connectivity index (χ1n) is 9.41. The first-order chi connectivity index (χ1) is 13.6. The number of carbonyl (C=O) groups excluding carboxylic acids is 2. The summed E-state index contributed by atoms with van der Waals surface area (Å²) in [5, 5.41) is 7.67. The van der Waals surface area contributed by atoms with Crippen molar-refractivity contribution < 1.29 is 19.1 Å². The summed E-state index contributed by atoms with van der Waals surface area (Å²) in [6, 6.07) is 11.4. The highest BCUT2D eigenvalue weighted by Gasteiger charge is 2.39. The van der Waals surface area contributed by atoms with E-state index in [2.05, 4.69) is 22.1 Å². The summed E-state index contributed by atoms with van der Waals surface area (Å²) < 4.78 is 10.7. The number of thiophene rings is 1. The van der Waals surface area contributed by atoms with Crippen molar-refractivity contribution in [2.45, 2.75) is 37.2 Å². The summed E-state index contributed by atoms with van der Waals surface area (Å²) in [5.74, 6) is 0.421.